The van der Waals surface area contributed by atoms with Crippen molar-refractivity contribution in [2.45, 2.75) is 39.0 Å². The molecule has 1 fully saturated rings. The van der Waals surface area contributed by atoms with Crippen LogP contribution in [0.3, 0.4) is 0 Å². The predicted octanol–water partition coefficient (Wildman–Crippen LogP) is 4.10. The number of amides is 3. The third-order valence-corrected chi connectivity index (χ3v) is 5.16. The first-order valence-corrected chi connectivity index (χ1v) is 10.9. The van der Waals surface area contributed by atoms with Crippen molar-refractivity contribution in [3.8, 4) is 0 Å². The highest BCUT2D eigenvalue weighted by Crippen LogP contribution is 2.16. The average Bonchev–Trinajstić information content (AvgIpc) is 2.79. The molecule has 1 aliphatic rings. The summed E-state index contributed by atoms with van der Waals surface area (Å²) in [5.74, 6) is -0.137. The maximum atomic E-state index is 12.5. The van der Waals surface area contributed by atoms with E-state index in [9.17, 15) is 14.4 Å². The average molecular weight is 423 g/mol. The summed E-state index contributed by atoms with van der Waals surface area (Å²) >= 11 is 0. The molecule has 0 aliphatic carbocycles. The number of carbonyl (C=O) groups excluding carboxylic acids is 3. The van der Waals surface area contributed by atoms with Gasteiger partial charge in [0.1, 0.15) is 0 Å². The first-order valence-electron chi connectivity index (χ1n) is 10.9. The Kier molecular flexibility index (Phi) is 8.04. The van der Waals surface area contributed by atoms with Crippen molar-refractivity contribution in [3.05, 3.63) is 54.1 Å². The molecule has 0 radical (unpaired) electrons. The van der Waals surface area contributed by atoms with E-state index in [0.717, 1.165) is 38.0 Å². The van der Waals surface area contributed by atoms with Crippen molar-refractivity contribution in [2.24, 2.45) is 0 Å². The summed E-state index contributed by atoms with van der Waals surface area (Å²) < 4.78 is 0. The van der Waals surface area contributed by atoms with Gasteiger partial charge in [0, 0.05) is 42.1 Å². The molecule has 2 aromatic carbocycles. The minimum atomic E-state index is -0.184. The standard InChI is InChI=1S/C24H30N4O3/c1-2-6-22(29)26-20-11-13-21(14-12-20)27-23(30)17-25-19-9-7-18(8-10-19)24(31)28-15-4-3-5-16-28/h7-14,25H,2-6,15-17H2,1H3,(H,26,29)(H,27,30). The lowest BCUT2D eigenvalue weighted by Crippen LogP contribution is -2.35. The molecule has 7 nitrogen and oxygen atoms in total. The topological polar surface area (TPSA) is 90.5 Å². The molecule has 0 aromatic heterocycles. The van der Waals surface area contributed by atoms with E-state index in [-0.39, 0.29) is 24.3 Å². The molecule has 0 bridgehead atoms. The van der Waals surface area contributed by atoms with Crippen LogP contribution in [0, 0.1) is 0 Å². The highest BCUT2D eigenvalue weighted by molar-refractivity contribution is 5.96. The number of benzene rings is 2. The second-order valence-electron chi connectivity index (χ2n) is 7.71. The molecule has 31 heavy (non-hydrogen) atoms. The molecule has 0 saturated carbocycles. The summed E-state index contributed by atoms with van der Waals surface area (Å²) in [4.78, 5) is 38.3. The molecule has 7 heteroatoms. The lowest BCUT2D eigenvalue weighted by atomic mass is 10.1. The Morgan fingerprint density at radius 2 is 1.32 bits per heavy atom. The van der Waals surface area contributed by atoms with Crippen LogP contribution in [0.1, 0.15) is 49.4 Å². The van der Waals surface area contributed by atoms with Crippen molar-refractivity contribution in [1.29, 1.82) is 0 Å². The SMILES string of the molecule is CCCC(=O)Nc1ccc(NC(=O)CNc2ccc(C(=O)N3CCCCC3)cc2)cc1. The van der Waals surface area contributed by atoms with Gasteiger partial charge in [-0.3, -0.25) is 14.4 Å². The van der Waals surface area contributed by atoms with E-state index in [1.807, 2.05) is 24.0 Å². The van der Waals surface area contributed by atoms with Crippen LogP contribution in [0.2, 0.25) is 0 Å². The second kappa shape index (κ2) is 11.2. The summed E-state index contributed by atoms with van der Waals surface area (Å²) in [5.41, 5.74) is 2.80. The van der Waals surface area contributed by atoms with Crippen LogP contribution >= 0.6 is 0 Å². The van der Waals surface area contributed by atoms with Crippen LogP contribution in [-0.4, -0.2) is 42.3 Å². The first kappa shape index (κ1) is 22.3. The molecule has 164 valence electrons. The van der Waals surface area contributed by atoms with E-state index in [2.05, 4.69) is 16.0 Å². The van der Waals surface area contributed by atoms with E-state index in [4.69, 9.17) is 0 Å². The maximum absolute atomic E-state index is 12.5. The van der Waals surface area contributed by atoms with Crippen molar-refractivity contribution in [3.63, 3.8) is 0 Å². The quantitative estimate of drug-likeness (QED) is 0.597. The van der Waals surface area contributed by atoms with E-state index in [0.29, 0.717) is 23.4 Å². The van der Waals surface area contributed by atoms with Gasteiger partial charge in [0.05, 0.1) is 6.54 Å². The van der Waals surface area contributed by atoms with Gasteiger partial charge in [0.2, 0.25) is 11.8 Å². The van der Waals surface area contributed by atoms with Gasteiger partial charge in [-0.2, -0.15) is 0 Å². The molecule has 0 unspecified atom stereocenters. The van der Waals surface area contributed by atoms with Crippen molar-refractivity contribution in [1.82, 2.24) is 4.90 Å². The minimum absolute atomic E-state index is 0.0212. The molecular weight excluding hydrogens is 392 g/mol. The van der Waals surface area contributed by atoms with Gasteiger partial charge in [-0.1, -0.05) is 6.92 Å². The number of nitrogens with zero attached hydrogens (tertiary/aromatic N) is 1. The number of hydrogen-bond donors (Lipinski definition) is 3. The van der Waals surface area contributed by atoms with Crippen LogP contribution in [0.4, 0.5) is 17.1 Å². The molecule has 3 rings (SSSR count). The van der Waals surface area contributed by atoms with E-state index in [1.54, 1.807) is 36.4 Å². The molecule has 2 aromatic rings. The Balaban J connectivity index is 1.45. The van der Waals surface area contributed by atoms with Crippen LogP contribution in [0.5, 0.6) is 0 Å². The number of likely N-dealkylation sites (tertiary alicyclic amines) is 1. The molecule has 1 saturated heterocycles. The zero-order valence-electron chi connectivity index (χ0n) is 17.9. The fourth-order valence-corrected chi connectivity index (χ4v) is 3.49. The van der Waals surface area contributed by atoms with Gasteiger partial charge in [-0.25, -0.2) is 0 Å². The predicted molar refractivity (Wildman–Crippen MR) is 123 cm³/mol. The van der Waals surface area contributed by atoms with E-state index >= 15 is 0 Å². The van der Waals surface area contributed by atoms with Gasteiger partial charge in [-0.05, 0) is 74.2 Å². The minimum Gasteiger partial charge on any atom is -0.376 e. The number of anilines is 3. The zero-order chi connectivity index (χ0) is 22.1. The molecular formula is C24H30N4O3. The van der Waals surface area contributed by atoms with Gasteiger partial charge in [-0.15, -0.1) is 0 Å². The number of nitrogens with one attached hydrogen (secondary N) is 3. The first-order chi connectivity index (χ1) is 15.0. The van der Waals surface area contributed by atoms with Crippen LogP contribution < -0.4 is 16.0 Å². The summed E-state index contributed by atoms with van der Waals surface area (Å²) in [6.07, 6.45) is 4.60. The second-order valence-corrected chi connectivity index (χ2v) is 7.71. The molecule has 1 aliphatic heterocycles. The molecule has 3 N–H and O–H groups in total. The Bertz CT molecular complexity index is 888. The molecule has 0 atom stereocenters. The lowest BCUT2D eigenvalue weighted by Gasteiger charge is -2.26. The Morgan fingerprint density at radius 1 is 0.774 bits per heavy atom. The monoisotopic (exact) mass is 422 g/mol. The van der Waals surface area contributed by atoms with E-state index < -0.39 is 0 Å². The van der Waals surface area contributed by atoms with Crippen LogP contribution in [0.25, 0.3) is 0 Å². The summed E-state index contributed by atoms with van der Waals surface area (Å²) in [5, 5.41) is 8.70. The van der Waals surface area contributed by atoms with Gasteiger partial charge in [0.25, 0.3) is 5.91 Å². The van der Waals surface area contributed by atoms with Crippen LogP contribution in [-0.2, 0) is 9.59 Å². The maximum Gasteiger partial charge on any atom is 0.253 e. The highest BCUT2D eigenvalue weighted by Gasteiger charge is 2.17. The zero-order valence-corrected chi connectivity index (χ0v) is 17.9. The van der Waals surface area contributed by atoms with E-state index in [1.165, 1.54) is 6.42 Å². The fraction of sp³-hybridized carbons (Fsp3) is 0.375. The summed E-state index contributed by atoms with van der Waals surface area (Å²) in [7, 11) is 0. The van der Waals surface area contributed by atoms with Crippen LogP contribution in [0.15, 0.2) is 48.5 Å². The number of rotatable bonds is 8. The smallest absolute Gasteiger partial charge is 0.253 e. The lowest BCUT2D eigenvalue weighted by molar-refractivity contribution is -0.116. The third-order valence-electron chi connectivity index (χ3n) is 5.16. The summed E-state index contributed by atoms with van der Waals surface area (Å²) in [6, 6.07) is 14.2. The Morgan fingerprint density at radius 3 is 1.90 bits per heavy atom. The number of hydrogen-bond acceptors (Lipinski definition) is 4. The molecule has 0 spiro atoms. The van der Waals surface area contributed by atoms with Crippen molar-refractivity contribution < 1.29 is 14.4 Å². The normalized spacial score (nSPS) is 13.4. The summed E-state index contributed by atoms with van der Waals surface area (Å²) in [6.45, 7) is 3.71. The molecule has 3 amide bonds. The Hall–Kier alpha value is -3.35. The Labute approximate surface area is 183 Å². The number of carbonyl (C=O) groups is 3. The van der Waals surface area contributed by atoms with Gasteiger partial charge >= 0.3 is 0 Å². The van der Waals surface area contributed by atoms with Gasteiger partial charge in [0.15, 0.2) is 0 Å². The van der Waals surface area contributed by atoms with Crippen molar-refractivity contribution in [2.75, 3.05) is 35.6 Å². The largest absolute Gasteiger partial charge is 0.376 e. The number of piperidine rings is 1. The van der Waals surface area contributed by atoms with Gasteiger partial charge < -0.3 is 20.9 Å². The van der Waals surface area contributed by atoms with Crippen molar-refractivity contribution >= 4 is 34.8 Å². The third kappa shape index (κ3) is 6.84. The molecule has 1 heterocycles. The highest BCUT2D eigenvalue weighted by atomic mass is 16.2. The fourth-order valence-electron chi connectivity index (χ4n) is 3.49.